The largest absolute Gasteiger partial charge is 0.342 e. The molecule has 1 aromatic carbocycles. The molecule has 1 unspecified atom stereocenters. The van der Waals surface area contributed by atoms with E-state index in [2.05, 4.69) is 61.0 Å². The van der Waals surface area contributed by atoms with Gasteiger partial charge in [0.1, 0.15) is 0 Å². The molecule has 0 aliphatic heterocycles. The summed E-state index contributed by atoms with van der Waals surface area (Å²) >= 11 is 1.91. The topological polar surface area (TPSA) is 30.9 Å². The third-order valence-corrected chi connectivity index (χ3v) is 5.05. The highest BCUT2D eigenvalue weighted by Gasteiger charge is 2.08. The predicted octanol–water partition coefficient (Wildman–Crippen LogP) is 4.20. The Hall–Kier alpha value is -1.58. The number of benzene rings is 1. The van der Waals surface area contributed by atoms with Crippen molar-refractivity contribution in [3.8, 4) is 0 Å². The Morgan fingerprint density at radius 2 is 1.95 bits per heavy atom. The van der Waals surface area contributed by atoms with Gasteiger partial charge in [-0.15, -0.1) is 11.3 Å². The maximum Gasteiger partial charge on any atom is 0.0569 e. The van der Waals surface area contributed by atoms with Crippen LogP contribution in [0.3, 0.4) is 0 Å². The van der Waals surface area contributed by atoms with E-state index in [1.54, 1.807) is 0 Å². The van der Waals surface area contributed by atoms with Crippen molar-refractivity contribution in [3.63, 3.8) is 0 Å². The third kappa shape index (κ3) is 3.04. The number of hydrogen-bond acceptors (Lipinski definition) is 2. The molecular weight excluding hydrogens is 276 g/mol. The first-order valence-electron chi connectivity index (χ1n) is 7.57. The van der Waals surface area contributed by atoms with Gasteiger partial charge in [-0.2, -0.15) is 0 Å². The van der Waals surface area contributed by atoms with Gasteiger partial charge >= 0.3 is 0 Å². The van der Waals surface area contributed by atoms with Gasteiger partial charge in [-0.3, -0.25) is 0 Å². The van der Waals surface area contributed by atoms with Gasteiger partial charge in [0.05, 0.1) is 6.54 Å². The second-order valence-corrected chi connectivity index (χ2v) is 6.95. The molecule has 21 heavy (non-hydrogen) atoms. The standard InChI is InChI=1S/C18H22N2S/c1-3-15-7-8-16(21-15)12-20-10-9-17-14(11-13(2)19)5-4-6-18(17)20/h4-10,13H,3,11-12,19H2,1-2H3. The Bertz CT molecular complexity index is 737. The average Bonchev–Trinajstić information content (AvgIpc) is 3.07. The molecule has 0 aliphatic carbocycles. The minimum Gasteiger partial charge on any atom is -0.342 e. The maximum absolute atomic E-state index is 5.96. The lowest BCUT2D eigenvalue weighted by Crippen LogP contribution is -2.17. The van der Waals surface area contributed by atoms with Gasteiger partial charge in [0, 0.05) is 32.9 Å². The van der Waals surface area contributed by atoms with E-state index in [0.29, 0.717) is 0 Å². The van der Waals surface area contributed by atoms with Crippen molar-refractivity contribution in [2.75, 3.05) is 0 Å². The molecule has 0 amide bonds. The number of rotatable bonds is 5. The van der Waals surface area contributed by atoms with Gasteiger partial charge in [0.15, 0.2) is 0 Å². The number of aromatic nitrogens is 1. The summed E-state index contributed by atoms with van der Waals surface area (Å²) in [7, 11) is 0. The summed E-state index contributed by atoms with van der Waals surface area (Å²) in [5, 5.41) is 1.34. The first-order chi connectivity index (χ1) is 10.2. The first kappa shape index (κ1) is 14.4. The second kappa shape index (κ2) is 6.04. The molecular formula is C18H22N2S. The Morgan fingerprint density at radius 3 is 2.67 bits per heavy atom. The number of thiophene rings is 1. The molecule has 110 valence electrons. The van der Waals surface area contributed by atoms with Gasteiger partial charge in [-0.25, -0.2) is 0 Å². The Morgan fingerprint density at radius 1 is 1.14 bits per heavy atom. The van der Waals surface area contributed by atoms with E-state index in [1.807, 2.05) is 11.3 Å². The highest BCUT2D eigenvalue weighted by molar-refractivity contribution is 7.11. The zero-order valence-electron chi connectivity index (χ0n) is 12.7. The minimum absolute atomic E-state index is 0.198. The Labute approximate surface area is 130 Å². The molecule has 2 N–H and O–H groups in total. The van der Waals surface area contributed by atoms with Crippen molar-refractivity contribution in [1.29, 1.82) is 0 Å². The van der Waals surface area contributed by atoms with Crippen molar-refractivity contribution in [2.45, 2.75) is 39.3 Å². The molecule has 2 aromatic heterocycles. The van der Waals surface area contributed by atoms with Crippen molar-refractivity contribution < 1.29 is 0 Å². The quantitative estimate of drug-likeness (QED) is 0.752. The number of fused-ring (bicyclic) bond motifs is 1. The van der Waals surface area contributed by atoms with E-state index in [4.69, 9.17) is 5.73 Å². The summed E-state index contributed by atoms with van der Waals surface area (Å²) in [6, 6.07) is 13.5. The fourth-order valence-corrected chi connectivity index (χ4v) is 3.77. The highest BCUT2D eigenvalue weighted by Crippen LogP contribution is 2.24. The summed E-state index contributed by atoms with van der Waals surface area (Å²) in [6.45, 7) is 5.23. The van der Waals surface area contributed by atoms with E-state index in [-0.39, 0.29) is 6.04 Å². The molecule has 2 nitrogen and oxygen atoms in total. The van der Waals surface area contributed by atoms with Crippen LogP contribution < -0.4 is 5.73 Å². The fraction of sp³-hybridized carbons (Fsp3) is 0.333. The average molecular weight is 298 g/mol. The zero-order chi connectivity index (χ0) is 14.8. The van der Waals surface area contributed by atoms with Crippen LogP contribution in [0, 0.1) is 0 Å². The summed E-state index contributed by atoms with van der Waals surface area (Å²) in [5.41, 5.74) is 8.61. The van der Waals surface area contributed by atoms with Crippen LogP contribution >= 0.6 is 11.3 Å². The molecule has 3 rings (SSSR count). The Balaban J connectivity index is 1.93. The van der Waals surface area contributed by atoms with Gasteiger partial charge in [0.2, 0.25) is 0 Å². The summed E-state index contributed by atoms with van der Waals surface area (Å²) in [5.74, 6) is 0. The van der Waals surface area contributed by atoms with Crippen LogP contribution in [0.2, 0.25) is 0 Å². The summed E-state index contributed by atoms with van der Waals surface area (Å²) < 4.78 is 2.34. The monoisotopic (exact) mass is 298 g/mol. The predicted molar refractivity (Wildman–Crippen MR) is 92.1 cm³/mol. The molecule has 0 saturated carbocycles. The van der Waals surface area contributed by atoms with Gasteiger partial charge in [0.25, 0.3) is 0 Å². The van der Waals surface area contributed by atoms with Crippen LogP contribution in [0.25, 0.3) is 10.9 Å². The van der Waals surface area contributed by atoms with Crippen LogP contribution in [0.4, 0.5) is 0 Å². The number of nitrogens with two attached hydrogens (primary N) is 1. The summed E-state index contributed by atoms with van der Waals surface area (Å²) in [4.78, 5) is 2.88. The lowest BCUT2D eigenvalue weighted by atomic mass is 10.0. The minimum atomic E-state index is 0.198. The molecule has 3 aromatic rings. The molecule has 0 aliphatic rings. The van der Waals surface area contributed by atoms with E-state index in [1.165, 1.54) is 26.2 Å². The van der Waals surface area contributed by atoms with Gasteiger partial charge in [-0.1, -0.05) is 19.1 Å². The van der Waals surface area contributed by atoms with Crippen molar-refractivity contribution in [3.05, 3.63) is 57.9 Å². The molecule has 0 saturated heterocycles. The SMILES string of the molecule is CCc1ccc(Cn2ccc3c(CC(C)N)cccc32)s1. The van der Waals surface area contributed by atoms with Gasteiger partial charge in [-0.05, 0) is 49.6 Å². The second-order valence-electron chi connectivity index (χ2n) is 5.70. The van der Waals surface area contributed by atoms with Crippen LogP contribution in [-0.4, -0.2) is 10.6 Å². The normalized spacial score (nSPS) is 12.9. The van der Waals surface area contributed by atoms with Crippen LogP contribution in [0.15, 0.2) is 42.6 Å². The van der Waals surface area contributed by atoms with Gasteiger partial charge < -0.3 is 10.3 Å². The molecule has 0 bridgehead atoms. The van der Waals surface area contributed by atoms with Crippen molar-refractivity contribution >= 4 is 22.2 Å². The lowest BCUT2D eigenvalue weighted by molar-refractivity contribution is 0.741. The zero-order valence-corrected chi connectivity index (χ0v) is 13.5. The van der Waals surface area contributed by atoms with Crippen molar-refractivity contribution in [1.82, 2.24) is 4.57 Å². The van der Waals surface area contributed by atoms with E-state index in [0.717, 1.165) is 19.4 Å². The lowest BCUT2D eigenvalue weighted by Gasteiger charge is -2.08. The molecule has 0 fully saturated rings. The number of aryl methyl sites for hydroxylation is 1. The Kier molecular flexibility index (Phi) is 4.13. The molecule has 3 heteroatoms. The number of nitrogens with zero attached hydrogens (tertiary/aromatic N) is 1. The van der Waals surface area contributed by atoms with Crippen LogP contribution in [-0.2, 0) is 19.4 Å². The maximum atomic E-state index is 5.96. The molecule has 2 heterocycles. The molecule has 0 radical (unpaired) electrons. The van der Waals surface area contributed by atoms with Crippen LogP contribution in [0.5, 0.6) is 0 Å². The highest BCUT2D eigenvalue weighted by atomic mass is 32.1. The molecule has 1 atom stereocenters. The van der Waals surface area contributed by atoms with Crippen molar-refractivity contribution in [2.24, 2.45) is 5.73 Å². The first-order valence-corrected chi connectivity index (χ1v) is 8.39. The smallest absolute Gasteiger partial charge is 0.0569 e. The fourth-order valence-electron chi connectivity index (χ4n) is 2.82. The van der Waals surface area contributed by atoms with E-state index >= 15 is 0 Å². The molecule has 0 spiro atoms. The number of hydrogen-bond donors (Lipinski definition) is 1. The third-order valence-electron chi connectivity index (χ3n) is 3.84. The van der Waals surface area contributed by atoms with Crippen LogP contribution in [0.1, 0.15) is 29.2 Å². The summed E-state index contributed by atoms with van der Waals surface area (Å²) in [6.07, 6.45) is 4.25. The van der Waals surface area contributed by atoms with E-state index in [9.17, 15) is 0 Å². The van der Waals surface area contributed by atoms with E-state index < -0.39 is 0 Å².